The summed E-state index contributed by atoms with van der Waals surface area (Å²) >= 11 is 0. The lowest BCUT2D eigenvalue weighted by Crippen LogP contribution is -2.61. The molecule has 16 nitrogen and oxygen atoms in total. The van der Waals surface area contributed by atoms with E-state index in [0.717, 1.165) is 141 Å². The number of nitrogens with one attached hydrogen (secondary N) is 2. The lowest BCUT2D eigenvalue weighted by molar-refractivity contribution is -0.164. The highest BCUT2D eigenvalue weighted by atomic mass is 16.3. The Hall–Kier alpha value is -4.70. The highest BCUT2D eigenvalue weighted by molar-refractivity contribution is 5.84. The van der Waals surface area contributed by atoms with Crippen LogP contribution in [-0.4, -0.2) is 166 Å². The number of piperidine rings is 2. The molecule has 12 fully saturated rings. The maximum Gasteiger partial charge on any atom is 0.320 e. The number of urea groups is 2. The van der Waals surface area contributed by atoms with E-state index in [1.807, 2.05) is 43.9 Å². The van der Waals surface area contributed by atoms with E-state index in [1.54, 1.807) is 24.8 Å². The van der Waals surface area contributed by atoms with Crippen LogP contribution in [0.4, 0.5) is 21.0 Å². The summed E-state index contributed by atoms with van der Waals surface area (Å²) in [7, 11) is 0. The van der Waals surface area contributed by atoms with Gasteiger partial charge >= 0.3 is 12.1 Å². The first-order chi connectivity index (χ1) is 33.0. The molecule has 14 rings (SSSR count). The highest BCUT2D eigenvalue weighted by Gasteiger charge is 2.59. The topological polar surface area (TPSA) is 178 Å². The first-order valence-electron chi connectivity index (χ1n) is 26.4. The molecule has 4 saturated heterocycles. The van der Waals surface area contributed by atoms with Gasteiger partial charge in [0.05, 0.1) is 23.0 Å². The summed E-state index contributed by atoms with van der Waals surface area (Å²) in [6, 6.07) is 8.32. The van der Waals surface area contributed by atoms with Crippen molar-refractivity contribution in [2.24, 2.45) is 46.3 Å². The summed E-state index contributed by atoms with van der Waals surface area (Å²) in [5, 5.41) is 27.8. The number of carbonyl (C=O) groups is 4. The van der Waals surface area contributed by atoms with Gasteiger partial charge in [0.1, 0.15) is 0 Å². The summed E-state index contributed by atoms with van der Waals surface area (Å²) in [4.78, 5) is 74.1. The van der Waals surface area contributed by atoms with Crippen LogP contribution in [-0.2, 0) is 9.59 Å². The largest absolute Gasteiger partial charge is 0.393 e. The third kappa shape index (κ3) is 9.01. The van der Waals surface area contributed by atoms with E-state index < -0.39 is 0 Å². The Kier molecular flexibility index (Phi) is 12.7. The third-order valence-electron chi connectivity index (χ3n) is 18.6. The minimum atomic E-state index is -0.286. The molecule has 8 bridgehead atoms. The summed E-state index contributed by atoms with van der Waals surface area (Å²) in [5.74, 6) is 2.76. The second kappa shape index (κ2) is 18.9. The molecule has 0 aromatic carbocycles. The zero-order valence-electron chi connectivity index (χ0n) is 39.9. The standard InChI is InChI=1S/2C26H37N5O3/c2*32-23-19-12-18-13-20(23)16-26(14-18,15-19)24(33)28-21-2-1-7-31(17-21)25(34)30-10-8-29(9-11-30)22-3-5-27-6-4-22/h2*3-6,18-21,23,32H,1-2,7-17H2,(H,28,33)/t2*18?,19?,20?,21-,23?,26?/m00/s1. The number of hydrogen-bond donors (Lipinski definition) is 4. The zero-order chi connectivity index (χ0) is 46.6. The van der Waals surface area contributed by atoms with E-state index in [-0.39, 0.29) is 59.0 Å². The van der Waals surface area contributed by atoms with Crippen LogP contribution in [0.2, 0.25) is 0 Å². The maximum atomic E-state index is 13.5. The number of aliphatic hydroxyl groups excluding tert-OH is 2. The van der Waals surface area contributed by atoms with Crippen molar-refractivity contribution in [1.29, 1.82) is 0 Å². The molecule has 6 amide bonds. The molecule has 0 spiro atoms. The second-order valence-corrected chi connectivity index (χ2v) is 22.9. The summed E-state index contributed by atoms with van der Waals surface area (Å²) in [5.41, 5.74) is 1.73. The van der Waals surface area contributed by atoms with Gasteiger partial charge < -0.3 is 50.2 Å². The van der Waals surface area contributed by atoms with Gasteiger partial charge in [-0.05, 0) is 150 Å². The van der Waals surface area contributed by atoms with Gasteiger partial charge in [-0.2, -0.15) is 0 Å². The average molecular weight is 935 g/mol. The number of nitrogens with zero attached hydrogens (tertiary/aromatic N) is 8. The fourth-order valence-electron chi connectivity index (χ4n) is 15.6. The molecule has 2 aromatic heterocycles. The summed E-state index contributed by atoms with van der Waals surface area (Å²) < 4.78 is 0. The van der Waals surface area contributed by atoms with Gasteiger partial charge in [-0.3, -0.25) is 19.6 Å². The van der Waals surface area contributed by atoms with Crippen LogP contribution < -0.4 is 20.4 Å². The first-order valence-corrected chi connectivity index (χ1v) is 26.4. The molecular formula is C52H74N10O6. The van der Waals surface area contributed by atoms with Crippen molar-refractivity contribution in [3.05, 3.63) is 49.1 Å². The number of rotatable bonds is 6. The number of hydrogen-bond acceptors (Lipinski definition) is 10. The monoisotopic (exact) mass is 935 g/mol. The molecule has 4 unspecified atom stereocenters. The van der Waals surface area contributed by atoms with Crippen molar-refractivity contribution in [2.75, 3.05) is 88.3 Å². The lowest BCUT2D eigenvalue weighted by Gasteiger charge is -2.58. The first kappa shape index (κ1) is 45.7. The predicted octanol–water partition coefficient (Wildman–Crippen LogP) is 4.18. The molecule has 8 aliphatic carbocycles. The minimum Gasteiger partial charge on any atom is -0.393 e. The van der Waals surface area contributed by atoms with Gasteiger partial charge in [-0.15, -0.1) is 0 Å². The average Bonchev–Trinajstić information content (AvgIpc) is 3.37. The van der Waals surface area contributed by atoms with Crippen molar-refractivity contribution in [3.63, 3.8) is 0 Å². The minimum absolute atomic E-state index is 0.0289. The van der Waals surface area contributed by atoms with Crippen LogP contribution in [0, 0.1) is 46.3 Å². The van der Waals surface area contributed by atoms with Gasteiger partial charge in [0.2, 0.25) is 11.8 Å². The molecule has 16 heteroatoms. The van der Waals surface area contributed by atoms with Crippen LogP contribution in [0.3, 0.4) is 0 Å². The molecule has 68 heavy (non-hydrogen) atoms. The van der Waals surface area contributed by atoms with E-state index >= 15 is 0 Å². The molecule has 368 valence electrons. The lowest BCUT2D eigenvalue weighted by atomic mass is 9.48. The van der Waals surface area contributed by atoms with Crippen molar-refractivity contribution < 1.29 is 29.4 Å². The number of aromatic nitrogens is 2. The van der Waals surface area contributed by atoms with E-state index in [2.05, 4.69) is 30.4 Å². The Labute approximate surface area is 401 Å². The molecule has 2 aromatic rings. The highest BCUT2D eigenvalue weighted by Crippen LogP contribution is 2.61. The SMILES string of the molecule is O=C(N1CCN(c2ccncc2)CC1)N1CCC[C@H](NC(=O)C23CC4CC(C2)C(O)C(C4)C3)C1.O=C(N1CCN(c2ccncc2)CC1)N1CCC[C@H](NC(=O)C23CC4CC(C2)C(O)C(C4)C3)C1. The van der Waals surface area contributed by atoms with Gasteiger partial charge in [0, 0.05) is 127 Å². The summed E-state index contributed by atoms with van der Waals surface area (Å²) in [6.07, 6.45) is 20.2. The van der Waals surface area contributed by atoms with Gasteiger partial charge in [0.25, 0.3) is 0 Å². The maximum absolute atomic E-state index is 13.5. The van der Waals surface area contributed by atoms with Crippen LogP contribution in [0.1, 0.15) is 89.9 Å². The normalized spacial score (nSPS) is 37.1. The number of amides is 6. The van der Waals surface area contributed by atoms with Crippen LogP contribution in [0.25, 0.3) is 0 Å². The number of likely N-dealkylation sites (tertiary alicyclic amines) is 2. The van der Waals surface area contributed by atoms with Crippen molar-refractivity contribution in [2.45, 2.75) is 114 Å². The van der Waals surface area contributed by atoms with Crippen LogP contribution in [0.15, 0.2) is 49.1 Å². The number of pyridine rings is 2. The smallest absolute Gasteiger partial charge is 0.320 e. The Balaban J connectivity index is 0.000000149. The van der Waals surface area contributed by atoms with E-state index in [4.69, 9.17) is 0 Å². The Morgan fingerprint density at radius 2 is 0.838 bits per heavy atom. The molecule has 6 heterocycles. The zero-order valence-corrected chi connectivity index (χ0v) is 39.9. The van der Waals surface area contributed by atoms with E-state index in [0.29, 0.717) is 74.8 Å². The Morgan fingerprint density at radius 3 is 1.19 bits per heavy atom. The van der Waals surface area contributed by atoms with Crippen LogP contribution >= 0.6 is 0 Å². The number of anilines is 2. The molecule has 6 atom stereocenters. The van der Waals surface area contributed by atoms with E-state index in [1.165, 1.54) is 0 Å². The van der Waals surface area contributed by atoms with Crippen molar-refractivity contribution >= 4 is 35.3 Å². The van der Waals surface area contributed by atoms with Gasteiger partial charge in [-0.1, -0.05) is 0 Å². The molecular weight excluding hydrogens is 861 g/mol. The molecule has 0 radical (unpaired) electrons. The predicted molar refractivity (Wildman–Crippen MR) is 256 cm³/mol. The quantitative estimate of drug-likeness (QED) is 0.329. The molecule has 8 saturated carbocycles. The number of carbonyl (C=O) groups excluding carboxylic acids is 4. The van der Waals surface area contributed by atoms with Crippen molar-refractivity contribution in [1.82, 2.24) is 40.2 Å². The van der Waals surface area contributed by atoms with Gasteiger partial charge in [0.15, 0.2) is 0 Å². The molecule has 12 aliphatic rings. The van der Waals surface area contributed by atoms with E-state index in [9.17, 15) is 29.4 Å². The van der Waals surface area contributed by atoms with Gasteiger partial charge in [-0.25, -0.2) is 9.59 Å². The molecule has 4 aliphatic heterocycles. The fraction of sp³-hybridized carbons (Fsp3) is 0.731. The number of piperazine rings is 2. The van der Waals surface area contributed by atoms with Crippen LogP contribution in [0.5, 0.6) is 0 Å². The summed E-state index contributed by atoms with van der Waals surface area (Å²) in [6.45, 7) is 8.86. The third-order valence-corrected chi connectivity index (χ3v) is 18.6. The second-order valence-electron chi connectivity index (χ2n) is 22.9. The number of aliphatic hydroxyl groups is 2. The Morgan fingerprint density at radius 1 is 0.485 bits per heavy atom. The fourth-order valence-corrected chi connectivity index (χ4v) is 15.6. The Bertz CT molecular complexity index is 1950. The van der Waals surface area contributed by atoms with Crippen molar-refractivity contribution in [3.8, 4) is 0 Å². The molecule has 4 N–H and O–H groups in total.